The van der Waals surface area contributed by atoms with Crippen molar-refractivity contribution in [2.24, 2.45) is 0 Å². The lowest BCUT2D eigenvalue weighted by molar-refractivity contribution is -0.130. The van der Waals surface area contributed by atoms with Crippen LogP contribution in [-0.4, -0.2) is 121 Å². The van der Waals surface area contributed by atoms with Crippen LogP contribution < -0.4 is 37.2 Å². The molecule has 198 valence electrons. The largest absolute Gasteiger partial charge is 0.377 e. The van der Waals surface area contributed by atoms with Crippen LogP contribution in [0, 0.1) is 0 Å². The van der Waals surface area contributed by atoms with Crippen LogP contribution in [0.15, 0.2) is 0 Å². The molecule has 0 saturated heterocycles. The van der Waals surface area contributed by atoms with Crippen molar-refractivity contribution >= 4 is 41.7 Å². The smallest absolute Gasteiger partial charge is 0.246 e. The molecule has 0 aromatic carbocycles. The van der Waals surface area contributed by atoms with E-state index in [1.807, 2.05) is 0 Å². The molecular weight excluding hydrogens is 470 g/mol. The summed E-state index contributed by atoms with van der Waals surface area (Å²) in [7, 11) is 1.60. The quantitative estimate of drug-likeness (QED) is 0.0615. The summed E-state index contributed by atoms with van der Waals surface area (Å²) < 4.78 is 10.3. The van der Waals surface area contributed by atoms with Gasteiger partial charge in [0.15, 0.2) is 0 Å². The topological polar surface area (TPSA) is 222 Å². The van der Waals surface area contributed by atoms with Gasteiger partial charge in [-0.05, 0) is 7.05 Å². The first-order valence-electron chi connectivity index (χ1n) is 10.6. The highest BCUT2D eigenvalue weighted by Gasteiger charge is 2.08. The summed E-state index contributed by atoms with van der Waals surface area (Å²) >= 11 is 0. The first kappa shape index (κ1) is 31.4. The molecule has 0 heterocycles. The molecule has 0 aliphatic heterocycles. The zero-order chi connectivity index (χ0) is 26.3. The van der Waals surface area contributed by atoms with Gasteiger partial charge in [-0.2, -0.15) is 0 Å². The summed E-state index contributed by atoms with van der Waals surface area (Å²) in [4.78, 5) is 78.7. The van der Waals surface area contributed by atoms with E-state index in [0.717, 1.165) is 0 Å². The van der Waals surface area contributed by atoms with Crippen LogP contribution >= 0.6 is 0 Å². The monoisotopic (exact) mass is 503 g/mol. The summed E-state index contributed by atoms with van der Waals surface area (Å²) in [5, 5.41) is 16.7. The van der Waals surface area contributed by atoms with Crippen LogP contribution in [0.3, 0.4) is 0 Å². The number of amides is 6. The van der Waals surface area contributed by atoms with Crippen LogP contribution in [-0.2, 0) is 43.0 Å². The van der Waals surface area contributed by atoms with Crippen molar-refractivity contribution in [2.45, 2.75) is 0 Å². The van der Waals surface area contributed by atoms with E-state index in [9.17, 15) is 33.6 Å². The Morgan fingerprint density at radius 3 is 1.57 bits per heavy atom. The van der Waals surface area contributed by atoms with Gasteiger partial charge in [-0.1, -0.05) is 0 Å². The van der Waals surface area contributed by atoms with Gasteiger partial charge in [-0.15, -0.1) is 0 Å². The highest BCUT2D eigenvalue weighted by Crippen LogP contribution is 1.80. The van der Waals surface area contributed by atoms with Gasteiger partial charge in [0.1, 0.15) is 12.9 Å². The maximum Gasteiger partial charge on any atom is 0.246 e. The molecule has 16 heteroatoms. The second kappa shape index (κ2) is 20.9. The number of carbonyl (C=O) groups excluding carboxylic acids is 7. The number of hydrogen-bond donors (Lipinski definition) is 7. The van der Waals surface area contributed by atoms with E-state index in [2.05, 4.69) is 37.2 Å². The van der Waals surface area contributed by atoms with Crippen LogP contribution in [0.5, 0.6) is 0 Å². The van der Waals surface area contributed by atoms with Crippen LogP contribution in [0.1, 0.15) is 0 Å². The fourth-order valence-corrected chi connectivity index (χ4v) is 2.04. The van der Waals surface area contributed by atoms with Gasteiger partial charge in [0, 0.05) is 6.54 Å². The summed E-state index contributed by atoms with van der Waals surface area (Å²) in [6, 6.07) is 0. The molecule has 0 saturated carbocycles. The molecule has 0 radical (unpaired) electrons. The van der Waals surface area contributed by atoms with Gasteiger partial charge in [0.25, 0.3) is 0 Å². The van der Waals surface area contributed by atoms with Crippen LogP contribution in [0.2, 0.25) is 0 Å². The molecule has 0 aromatic heterocycles. The van der Waals surface area contributed by atoms with E-state index in [0.29, 0.717) is 6.29 Å². The Balaban J connectivity index is 3.59. The summed E-state index contributed by atoms with van der Waals surface area (Å²) in [6.07, 6.45) is 0.506. The summed E-state index contributed by atoms with van der Waals surface area (Å²) in [6.45, 7) is -0.890. The molecular formula is C19H33N7O9. The molecule has 0 atom stereocenters. The van der Waals surface area contributed by atoms with E-state index in [-0.39, 0.29) is 78.1 Å². The lowest BCUT2D eigenvalue weighted by Crippen LogP contribution is -2.43. The average molecular weight is 504 g/mol. The molecule has 0 bridgehead atoms. The molecule has 0 fully saturated rings. The fraction of sp³-hybridized carbons (Fsp3) is 0.632. The minimum Gasteiger partial charge on any atom is -0.377 e. The molecule has 7 N–H and O–H groups in total. The Labute approximate surface area is 202 Å². The van der Waals surface area contributed by atoms with Gasteiger partial charge >= 0.3 is 0 Å². The van der Waals surface area contributed by atoms with Crippen LogP contribution in [0.25, 0.3) is 0 Å². The van der Waals surface area contributed by atoms with E-state index in [4.69, 9.17) is 9.47 Å². The van der Waals surface area contributed by atoms with E-state index in [1.165, 1.54) is 0 Å². The molecule has 35 heavy (non-hydrogen) atoms. The predicted molar refractivity (Wildman–Crippen MR) is 120 cm³/mol. The molecule has 0 aliphatic carbocycles. The van der Waals surface area contributed by atoms with Crippen molar-refractivity contribution in [3.05, 3.63) is 0 Å². The third kappa shape index (κ3) is 20.7. The van der Waals surface area contributed by atoms with E-state index >= 15 is 0 Å². The third-order valence-electron chi connectivity index (χ3n) is 3.68. The molecule has 16 nitrogen and oxygen atoms in total. The fourth-order valence-electron chi connectivity index (χ4n) is 2.04. The van der Waals surface area contributed by atoms with E-state index in [1.54, 1.807) is 7.05 Å². The van der Waals surface area contributed by atoms with E-state index < -0.39 is 29.5 Å². The van der Waals surface area contributed by atoms with Gasteiger partial charge in [0.05, 0.1) is 59.1 Å². The van der Waals surface area contributed by atoms with Gasteiger partial charge in [0.2, 0.25) is 35.4 Å². The van der Waals surface area contributed by atoms with Crippen molar-refractivity contribution in [3.8, 4) is 0 Å². The maximum atomic E-state index is 11.6. The molecule has 0 unspecified atom stereocenters. The predicted octanol–water partition coefficient (Wildman–Crippen LogP) is -5.86. The second-order valence-electron chi connectivity index (χ2n) is 6.62. The first-order chi connectivity index (χ1) is 16.8. The number of hydrogen-bond acceptors (Lipinski definition) is 10. The number of likely N-dealkylation sites (N-methyl/N-ethyl adjacent to an activating group) is 1. The zero-order valence-electron chi connectivity index (χ0n) is 19.5. The van der Waals surface area contributed by atoms with Crippen molar-refractivity contribution in [1.82, 2.24) is 37.2 Å². The second-order valence-corrected chi connectivity index (χ2v) is 6.62. The molecule has 0 rings (SSSR count). The Kier molecular flexibility index (Phi) is 18.8. The molecule has 0 aromatic rings. The Hall–Kier alpha value is -3.63. The van der Waals surface area contributed by atoms with Gasteiger partial charge in [-0.25, -0.2) is 0 Å². The zero-order valence-corrected chi connectivity index (χ0v) is 19.5. The summed E-state index contributed by atoms with van der Waals surface area (Å²) in [5.74, 6) is -2.92. The number of aldehydes is 1. The normalized spacial score (nSPS) is 9.97. The lowest BCUT2D eigenvalue weighted by Gasteiger charge is -2.09. The summed E-state index contributed by atoms with van der Waals surface area (Å²) in [5.41, 5.74) is 0. The highest BCUT2D eigenvalue weighted by atomic mass is 16.5. The standard InChI is InChI=1S/C19H33N7O9/c1-20-8-14(28)23-11-17(31)25-10-16(30)22-3-5-34-6-7-35-13-19(33)26-12-18(32)24-9-15(29)21-2-4-27/h4,20H,2-3,5-13H2,1H3,(H,21,29)(H,22,30)(H,23,28)(H,24,32)(H,25,31)(H,26,33). The minimum atomic E-state index is -0.583. The highest BCUT2D eigenvalue weighted by molar-refractivity contribution is 5.89. The average Bonchev–Trinajstić information content (AvgIpc) is 2.84. The number of ether oxygens (including phenoxy) is 2. The third-order valence-corrected chi connectivity index (χ3v) is 3.68. The van der Waals surface area contributed by atoms with Gasteiger partial charge < -0.3 is 51.5 Å². The van der Waals surface area contributed by atoms with Gasteiger partial charge in [-0.3, -0.25) is 28.8 Å². The van der Waals surface area contributed by atoms with Crippen LogP contribution in [0.4, 0.5) is 0 Å². The van der Waals surface area contributed by atoms with Crippen molar-refractivity contribution < 1.29 is 43.0 Å². The SMILES string of the molecule is CNCC(=O)NCC(=O)NCC(=O)NCCOCCOCC(=O)NCC(=O)NCC(=O)NCC=O. The Bertz CT molecular complexity index is 719. The number of rotatable bonds is 20. The minimum absolute atomic E-state index is 0.0820. The van der Waals surface area contributed by atoms with Crippen molar-refractivity contribution in [1.29, 1.82) is 0 Å². The van der Waals surface area contributed by atoms with Crippen molar-refractivity contribution in [3.63, 3.8) is 0 Å². The maximum absolute atomic E-state index is 11.6. The molecule has 6 amide bonds. The first-order valence-corrected chi connectivity index (χ1v) is 10.6. The Morgan fingerprint density at radius 2 is 1.03 bits per heavy atom. The lowest BCUT2D eigenvalue weighted by atomic mass is 10.5. The van der Waals surface area contributed by atoms with Crippen molar-refractivity contribution in [2.75, 3.05) is 79.3 Å². The Morgan fingerprint density at radius 1 is 0.571 bits per heavy atom. The molecule has 0 spiro atoms. The number of carbonyl (C=O) groups is 7. The number of nitrogens with one attached hydrogen (secondary N) is 7. The molecule has 0 aliphatic rings.